The van der Waals surface area contributed by atoms with Gasteiger partial charge in [-0.25, -0.2) is 4.79 Å². The Bertz CT molecular complexity index is 1190. The SMILES string of the molecule is COC(=O)[C@H]1O[C@@H](Oc2c[nH]c3cc(Br)c(OC[C@@H]4[C@@H]5CCC#CCC[C@@H]54)c(Br)c23)[C@H](O)[C@@H](O)[C@@H]1O. The molecule has 5 rings (SSSR count). The topological polar surface area (TPSA) is 130 Å². The molecular formula is C25H27Br2NO8. The highest BCUT2D eigenvalue weighted by Crippen LogP contribution is 2.53. The maximum atomic E-state index is 12.0. The van der Waals surface area contributed by atoms with Crippen LogP contribution in [-0.2, 0) is 14.3 Å². The van der Waals surface area contributed by atoms with Gasteiger partial charge in [0.1, 0.15) is 29.8 Å². The third-order valence-electron chi connectivity index (χ3n) is 7.29. The van der Waals surface area contributed by atoms with Gasteiger partial charge in [0, 0.05) is 19.0 Å². The Labute approximate surface area is 224 Å². The minimum atomic E-state index is -1.67. The van der Waals surface area contributed by atoms with E-state index in [1.165, 1.54) is 0 Å². The third kappa shape index (κ3) is 4.75. The van der Waals surface area contributed by atoms with E-state index in [4.69, 9.17) is 14.2 Å². The van der Waals surface area contributed by atoms with Gasteiger partial charge in [0.05, 0.1) is 33.6 Å². The van der Waals surface area contributed by atoms with Gasteiger partial charge in [-0.05, 0) is 68.5 Å². The minimum absolute atomic E-state index is 0.302. The van der Waals surface area contributed by atoms with Crippen LogP contribution < -0.4 is 9.47 Å². The van der Waals surface area contributed by atoms with Crippen molar-refractivity contribution in [2.24, 2.45) is 17.8 Å². The first-order valence-corrected chi connectivity index (χ1v) is 13.4. The van der Waals surface area contributed by atoms with Crippen molar-refractivity contribution in [1.82, 2.24) is 4.98 Å². The van der Waals surface area contributed by atoms with Crippen LogP contribution in [0.5, 0.6) is 11.5 Å². The highest BCUT2D eigenvalue weighted by Gasteiger charge is 2.50. The van der Waals surface area contributed by atoms with E-state index in [9.17, 15) is 20.1 Å². The fourth-order valence-electron chi connectivity index (χ4n) is 5.24. The van der Waals surface area contributed by atoms with E-state index in [1.807, 2.05) is 6.07 Å². The highest BCUT2D eigenvalue weighted by molar-refractivity contribution is 9.11. The number of ether oxygens (including phenoxy) is 4. The zero-order valence-electron chi connectivity index (χ0n) is 19.4. The minimum Gasteiger partial charge on any atom is -0.491 e. The van der Waals surface area contributed by atoms with E-state index in [2.05, 4.69) is 53.4 Å². The van der Waals surface area contributed by atoms with Crippen molar-refractivity contribution in [1.29, 1.82) is 0 Å². The monoisotopic (exact) mass is 627 g/mol. The van der Waals surface area contributed by atoms with Crippen molar-refractivity contribution < 1.29 is 39.1 Å². The number of H-pyrrole nitrogens is 1. The Balaban J connectivity index is 1.35. The summed E-state index contributed by atoms with van der Waals surface area (Å²) >= 11 is 7.23. The molecule has 2 aromatic rings. The number of fused-ring (bicyclic) bond motifs is 2. The summed E-state index contributed by atoms with van der Waals surface area (Å²) in [6, 6.07) is 1.86. The Morgan fingerprint density at radius 2 is 1.83 bits per heavy atom. The van der Waals surface area contributed by atoms with Crippen LogP contribution in [0, 0.1) is 29.6 Å². The number of aliphatic hydroxyl groups excluding tert-OH is 3. The molecule has 2 aliphatic carbocycles. The lowest BCUT2D eigenvalue weighted by atomic mass is 9.99. The number of hydrogen-bond acceptors (Lipinski definition) is 8. The van der Waals surface area contributed by atoms with E-state index in [0.29, 0.717) is 45.7 Å². The molecule has 1 saturated heterocycles. The molecule has 2 heterocycles. The van der Waals surface area contributed by atoms with Gasteiger partial charge in [-0.2, -0.15) is 0 Å². The van der Waals surface area contributed by atoms with Crippen molar-refractivity contribution in [3.63, 3.8) is 0 Å². The van der Waals surface area contributed by atoms with Gasteiger partial charge in [-0.1, -0.05) is 0 Å². The van der Waals surface area contributed by atoms with E-state index < -0.39 is 36.7 Å². The molecule has 0 amide bonds. The van der Waals surface area contributed by atoms with Crippen molar-refractivity contribution in [3.05, 3.63) is 21.2 Å². The molecule has 4 N–H and O–H groups in total. The van der Waals surface area contributed by atoms with Crippen molar-refractivity contribution in [2.75, 3.05) is 13.7 Å². The average molecular weight is 629 g/mol. The summed E-state index contributed by atoms with van der Waals surface area (Å²) in [4.78, 5) is 15.1. The molecule has 36 heavy (non-hydrogen) atoms. The zero-order chi connectivity index (χ0) is 25.6. The normalized spacial score (nSPS) is 33.5. The maximum Gasteiger partial charge on any atom is 0.337 e. The second kappa shape index (κ2) is 10.5. The molecule has 2 fully saturated rings. The summed E-state index contributed by atoms with van der Waals surface area (Å²) < 4.78 is 23.7. The molecule has 11 heteroatoms. The zero-order valence-corrected chi connectivity index (χ0v) is 22.6. The molecule has 1 saturated carbocycles. The van der Waals surface area contributed by atoms with Crippen LogP contribution in [0.3, 0.4) is 0 Å². The van der Waals surface area contributed by atoms with Crippen LogP contribution in [0.4, 0.5) is 0 Å². The summed E-state index contributed by atoms with van der Waals surface area (Å²) in [7, 11) is 1.13. The first-order chi connectivity index (χ1) is 17.3. The number of methoxy groups -OCH3 is 1. The fourth-order valence-corrected chi connectivity index (χ4v) is 6.78. The first kappa shape index (κ1) is 25.8. The smallest absolute Gasteiger partial charge is 0.337 e. The standard InChI is InChI=1S/C25H27Br2NO8/c1-33-24(32)23-20(30)19(29)21(31)25(36-23)35-16-9-28-15-8-14(26)22(18(27)17(15)16)34-10-13-11-6-4-2-3-5-7-12(11)13/h8-9,11-13,19-21,23,25,28-31H,4-7,10H2,1H3/t11-,12+,13-,19-,20-,21+,23-,25+/m0/s1. The number of benzene rings is 1. The summed E-state index contributed by atoms with van der Waals surface area (Å²) in [5.41, 5.74) is 0.719. The van der Waals surface area contributed by atoms with Crippen molar-refractivity contribution in [2.45, 2.75) is 56.4 Å². The Morgan fingerprint density at radius 3 is 2.50 bits per heavy atom. The molecule has 9 nitrogen and oxygen atoms in total. The molecule has 1 aliphatic heterocycles. The Morgan fingerprint density at radius 1 is 1.14 bits per heavy atom. The van der Waals surface area contributed by atoms with Crippen LogP contribution in [0.15, 0.2) is 21.2 Å². The largest absolute Gasteiger partial charge is 0.491 e. The number of esters is 1. The van der Waals surface area contributed by atoms with Gasteiger partial charge in [0.25, 0.3) is 0 Å². The number of rotatable bonds is 6. The van der Waals surface area contributed by atoms with Crippen LogP contribution in [0.25, 0.3) is 10.9 Å². The van der Waals surface area contributed by atoms with Crippen LogP contribution in [0.1, 0.15) is 25.7 Å². The van der Waals surface area contributed by atoms with Crippen molar-refractivity contribution >= 4 is 48.7 Å². The lowest BCUT2D eigenvalue weighted by Gasteiger charge is -2.38. The van der Waals surface area contributed by atoms with Gasteiger partial charge >= 0.3 is 5.97 Å². The van der Waals surface area contributed by atoms with Gasteiger partial charge in [-0.3, -0.25) is 0 Å². The molecule has 0 spiro atoms. The quantitative estimate of drug-likeness (QED) is 0.284. The van der Waals surface area contributed by atoms with E-state index in [0.717, 1.165) is 42.8 Å². The number of carbonyl (C=O) groups is 1. The first-order valence-electron chi connectivity index (χ1n) is 11.8. The summed E-state index contributed by atoms with van der Waals surface area (Å²) in [5.74, 6) is 8.29. The molecule has 1 aromatic heterocycles. The molecule has 194 valence electrons. The molecule has 0 radical (unpaired) electrons. The number of aromatic nitrogens is 1. The Hall–Kier alpha value is -1.81. The fraction of sp³-hybridized carbons (Fsp3) is 0.560. The number of nitrogens with one attached hydrogen (secondary N) is 1. The number of hydrogen-bond donors (Lipinski definition) is 4. The summed E-state index contributed by atoms with van der Waals surface area (Å²) in [6.07, 6.45) is -2.20. The molecule has 3 aliphatic rings. The molecule has 0 bridgehead atoms. The van der Waals surface area contributed by atoms with E-state index in [1.54, 1.807) is 6.20 Å². The predicted molar refractivity (Wildman–Crippen MR) is 135 cm³/mol. The van der Waals surface area contributed by atoms with Gasteiger partial charge in [0.2, 0.25) is 6.29 Å². The maximum absolute atomic E-state index is 12.0. The van der Waals surface area contributed by atoms with Crippen molar-refractivity contribution in [3.8, 4) is 23.3 Å². The third-order valence-corrected chi connectivity index (χ3v) is 8.63. The summed E-state index contributed by atoms with van der Waals surface area (Å²) in [6.45, 7) is 0.591. The lowest BCUT2D eigenvalue weighted by Crippen LogP contribution is -2.61. The average Bonchev–Trinajstić information content (AvgIpc) is 3.31. The second-order valence-electron chi connectivity index (χ2n) is 9.35. The predicted octanol–water partition coefficient (Wildman–Crippen LogP) is 2.87. The molecular weight excluding hydrogens is 602 g/mol. The molecule has 8 atom stereocenters. The number of halogens is 2. The van der Waals surface area contributed by atoms with E-state index in [-0.39, 0.29) is 0 Å². The van der Waals surface area contributed by atoms with Gasteiger partial charge < -0.3 is 39.3 Å². The van der Waals surface area contributed by atoms with Gasteiger partial charge in [-0.15, -0.1) is 11.8 Å². The van der Waals surface area contributed by atoms with Gasteiger partial charge in [0.15, 0.2) is 6.10 Å². The highest BCUT2D eigenvalue weighted by atomic mass is 79.9. The number of carbonyl (C=O) groups excluding carboxylic acids is 1. The van der Waals surface area contributed by atoms with Crippen LogP contribution in [-0.4, -0.2) is 70.7 Å². The van der Waals surface area contributed by atoms with Crippen LogP contribution >= 0.6 is 31.9 Å². The Kier molecular flexibility index (Phi) is 7.54. The lowest BCUT2D eigenvalue weighted by molar-refractivity contribution is -0.271. The number of aliphatic hydroxyl groups is 3. The number of aromatic amines is 1. The van der Waals surface area contributed by atoms with E-state index >= 15 is 0 Å². The summed E-state index contributed by atoms with van der Waals surface area (Å²) in [5, 5.41) is 31.4. The second-order valence-corrected chi connectivity index (χ2v) is 11.0. The van der Waals surface area contributed by atoms with Crippen LogP contribution in [0.2, 0.25) is 0 Å². The molecule has 0 unspecified atom stereocenters. The molecule has 1 aromatic carbocycles.